The summed E-state index contributed by atoms with van der Waals surface area (Å²) in [4.78, 5) is 7.17. The third-order valence-corrected chi connectivity index (χ3v) is 3.67. The highest BCUT2D eigenvalue weighted by atomic mass is 79.9. The van der Waals surface area contributed by atoms with Crippen molar-refractivity contribution in [2.24, 2.45) is 0 Å². The molecule has 1 aromatic heterocycles. The minimum Gasteiger partial charge on any atom is -0.314 e. The molecule has 1 N–H and O–H groups in total. The molecular weight excluding hydrogens is 349 g/mol. The van der Waals surface area contributed by atoms with Crippen LogP contribution in [-0.4, -0.2) is 36.1 Å². The van der Waals surface area contributed by atoms with Crippen LogP contribution < -0.4 is 5.32 Å². The second kappa shape index (κ2) is 9.94. The molecule has 0 radical (unpaired) electrons. The highest BCUT2D eigenvalue weighted by Crippen LogP contribution is 2.25. The normalized spacial score (nSPS) is 17.2. The molecule has 0 saturated carbocycles. The van der Waals surface area contributed by atoms with Crippen molar-refractivity contribution in [3.8, 4) is 0 Å². The molecule has 1 saturated heterocycles. The summed E-state index contributed by atoms with van der Waals surface area (Å²) < 4.78 is 0.936. The molecule has 0 unspecified atom stereocenters. The molecule has 3 nitrogen and oxygen atoms in total. The number of hydrogen-bond acceptors (Lipinski definition) is 3. The van der Waals surface area contributed by atoms with Crippen LogP contribution in [0.5, 0.6) is 0 Å². The minimum absolute atomic E-state index is 0. The highest BCUT2D eigenvalue weighted by molar-refractivity contribution is 9.10. The van der Waals surface area contributed by atoms with Crippen molar-refractivity contribution in [1.29, 1.82) is 0 Å². The fourth-order valence-electron chi connectivity index (χ4n) is 2.39. The van der Waals surface area contributed by atoms with Gasteiger partial charge in [0.05, 0.1) is 11.7 Å². The van der Waals surface area contributed by atoms with Gasteiger partial charge in [0.2, 0.25) is 0 Å². The molecule has 0 bridgehead atoms. The lowest BCUT2D eigenvalue weighted by Crippen LogP contribution is -2.45. The Morgan fingerprint density at radius 1 is 1.32 bits per heavy atom. The van der Waals surface area contributed by atoms with E-state index >= 15 is 0 Å². The van der Waals surface area contributed by atoms with Crippen LogP contribution in [-0.2, 0) is 0 Å². The van der Waals surface area contributed by atoms with Crippen LogP contribution in [0.1, 0.15) is 31.5 Å². The van der Waals surface area contributed by atoms with Crippen LogP contribution in [0.2, 0.25) is 0 Å². The van der Waals surface area contributed by atoms with Crippen LogP contribution in [0.4, 0.5) is 0 Å². The first-order valence-corrected chi connectivity index (χ1v) is 7.18. The van der Waals surface area contributed by atoms with Crippen molar-refractivity contribution in [3.63, 3.8) is 0 Å². The van der Waals surface area contributed by atoms with E-state index in [9.17, 15) is 0 Å². The summed E-state index contributed by atoms with van der Waals surface area (Å²) in [6.45, 7) is 6.67. The third kappa shape index (κ3) is 5.56. The van der Waals surface area contributed by atoms with E-state index in [4.69, 9.17) is 0 Å². The van der Waals surface area contributed by atoms with Gasteiger partial charge in [-0.3, -0.25) is 4.90 Å². The highest BCUT2D eigenvalue weighted by Gasteiger charge is 2.22. The van der Waals surface area contributed by atoms with Gasteiger partial charge in [-0.05, 0) is 34.5 Å². The van der Waals surface area contributed by atoms with Crippen LogP contribution >= 0.6 is 40.7 Å². The molecule has 0 aromatic carbocycles. The zero-order chi connectivity index (χ0) is 12.1. The summed E-state index contributed by atoms with van der Waals surface area (Å²) in [6.07, 6.45) is 2.38. The monoisotopic (exact) mass is 369 g/mol. The summed E-state index contributed by atoms with van der Waals surface area (Å²) in [7, 11) is 0. The Morgan fingerprint density at radius 3 is 2.58 bits per heavy atom. The SMILES string of the molecule is CCC[C@H](c1cccc(Br)n1)N1CCNCC1.Cl.Cl. The van der Waals surface area contributed by atoms with Gasteiger partial charge in [0, 0.05) is 26.2 Å². The standard InChI is InChI=1S/C13H20BrN3.2ClH/c1-2-4-12(17-9-7-15-8-10-17)11-5-3-6-13(14)16-11;;/h3,5-6,12,15H,2,4,7-10H2,1H3;2*1H/t12-;;/m1../s1. The summed E-state index contributed by atoms with van der Waals surface area (Å²) in [5.41, 5.74) is 1.20. The number of halogens is 3. The Balaban J connectivity index is 0.00000162. The molecule has 6 heteroatoms. The third-order valence-electron chi connectivity index (χ3n) is 3.23. The Kier molecular flexibility index (Phi) is 10.0. The number of nitrogens with one attached hydrogen (secondary N) is 1. The van der Waals surface area contributed by atoms with Gasteiger partial charge in [-0.15, -0.1) is 24.8 Å². The van der Waals surface area contributed by atoms with E-state index in [0.29, 0.717) is 6.04 Å². The molecular formula is C13H22BrCl2N3. The van der Waals surface area contributed by atoms with Crippen molar-refractivity contribution < 1.29 is 0 Å². The largest absolute Gasteiger partial charge is 0.314 e. The number of aromatic nitrogens is 1. The lowest BCUT2D eigenvalue weighted by Gasteiger charge is -2.34. The molecule has 1 fully saturated rings. The van der Waals surface area contributed by atoms with Gasteiger partial charge in [0.25, 0.3) is 0 Å². The minimum atomic E-state index is 0. The maximum absolute atomic E-state index is 4.62. The van der Waals surface area contributed by atoms with Crippen LogP contribution in [0.3, 0.4) is 0 Å². The summed E-state index contributed by atoms with van der Waals surface area (Å²) >= 11 is 3.46. The van der Waals surface area contributed by atoms with E-state index < -0.39 is 0 Å². The fourth-order valence-corrected chi connectivity index (χ4v) is 2.75. The first-order valence-electron chi connectivity index (χ1n) is 6.38. The summed E-state index contributed by atoms with van der Waals surface area (Å²) in [5.74, 6) is 0. The maximum Gasteiger partial charge on any atom is 0.106 e. The van der Waals surface area contributed by atoms with Gasteiger partial charge < -0.3 is 5.32 Å². The molecule has 110 valence electrons. The van der Waals surface area contributed by atoms with Crippen molar-refractivity contribution in [2.75, 3.05) is 26.2 Å². The number of pyridine rings is 1. The van der Waals surface area contributed by atoms with E-state index in [1.165, 1.54) is 18.5 Å². The van der Waals surface area contributed by atoms with Gasteiger partial charge in [-0.25, -0.2) is 4.98 Å². The predicted octanol–water partition coefficient (Wildman–Crippen LogP) is 3.43. The summed E-state index contributed by atoms with van der Waals surface area (Å²) in [6, 6.07) is 6.69. The van der Waals surface area contributed by atoms with Crippen molar-refractivity contribution in [2.45, 2.75) is 25.8 Å². The van der Waals surface area contributed by atoms with Gasteiger partial charge in [-0.1, -0.05) is 19.4 Å². The average molecular weight is 371 g/mol. The quantitative estimate of drug-likeness (QED) is 0.823. The van der Waals surface area contributed by atoms with E-state index in [0.717, 1.165) is 30.8 Å². The molecule has 1 aliphatic heterocycles. The van der Waals surface area contributed by atoms with Gasteiger partial charge in [0.1, 0.15) is 4.60 Å². The topological polar surface area (TPSA) is 28.2 Å². The number of hydrogen-bond donors (Lipinski definition) is 1. The van der Waals surface area contributed by atoms with Crippen LogP contribution in [0, 0.1) is 0 Å². The Morgan fingerprint density at radius 2 is 2.00 bits per heavy atom. The second-order valence-electron chi connectivity index (χ2n) is 4.48. The van der Waals surface area contributed by atoms with Crippen molar-refractivity contribution >= 4 is 40.7 Å². The molecule has 0 aliphatic carbocycles. The molecule has 1 aromatic rings. The van der Waals surface area contributed by atoms with Gasteiger partial charge >= 0.3 is 0 Å². The molecule has 1 atom stereocenters. The molecule has 2 heterocycles. The molecule has 19 heavy (non-hydrogen) atoms. The number of rotatable bonds is 4. The Bertz CT molecular complexity index is 359. The number of nitrogens with zero attached hydrogens (tertiary/aromatic N) is 2. The smallest absolute Gasteiger partial charge is 0.106 e. The second-order valence-corrected chi connectivity index (χ2v) is 5.29. The average Bonchev–Trinajstić information content (AvgIpc) is 2.37. The van der Waals surface area contributed by atoms with Crippen molar-refractivity contribution in [1.82, 2.24) is 15.2 Å². The van der Waals surface area contributed by atoms with Crippen LogP contribution in [0.15, 0.2) is 22.8 Å². The van der Waals surface area contributed by atoms with Gasteiger partial charge in [-0.2, -0.15) is 0 Å². The molecule has 0 spiro atoms. The Labute approximate surface area is 136 Å². The Hall–Kier alpha value is 0.130. The lowest BCUT2D eigenvalue weighted by molar-refractivity contribution is 0.161. The van der Waals surface area contributed by atoms with E-state index in [-0.39, 0.29) is 24.8 Å². The molecule has 1 aliphatic rings. The van der Waals surface area contributed by atoms with Crippen molar-refractivity contribution in [3.05, 3.63) is 28.5 Å². The fraction of sp³-hybridized carbons (Fsp3) is 0.615. The van der Waals surface area contributed by atoms with E-state index in [1.54, 1.807) is 0 Å². The zero-order valence-corrected chi connectivity index (χ0v) is 14.4. The van der Waals surface area contributed by atoms with Gasteiger partial charge in [0.15, 0.2) is 0 Å². The molecule has 0 amide bonds. The maximum atomic E-state index is 4.62. The number of piperazine rings is 1. The zero-order valence-electron chi connectivity index (χ0n) is 11.1. The first-order chi connectivity index (χ1) is 8.31. The van der Waals surface area contributed by atoms with E-state index in [2.05, 4.69) is 50.2 Å². The lowest BCUT2D eigenvalue weighted by atomic mass is 10.0. The predicted molar refractivity (Wildman–Crippen MR) is 88.5 cm³/mol. The van der Waals surface area contributed by atoms with E-state index in [1.807, 2.05) is 6.07 Å². The summed E-state index contributed by atoms with van der Waals surface area (Å²) in [5, 5.41) is 3.40. The van der Waals surface area contributed by atoms with Crippen LogP contribution in [0.25, 0.3) is 0 Å². The molecule has 2 rings (SSSR count). The first kappa shape index (κ1) is 19.1.